The zero-order valence-corrected chi connectivity index (χ0v) is 10.7. The lowest BCUT2D eigenvalue weighted by atomic mass is 10.0. The van der Waals surface area contributed by atoms with E-state index in [0.29, 0.717) is 19.0 Å². The maximum absolute atomic E-state index is 11.8. The second kappa shape index (κ2) is 5.48. The number of alkyl halides is 1. The van der Waals surface area contributed by atoms with Gasteiger partial charge in [0.15, 0.2) is 0 Å². The van der Waals surface area contributed by atoms with Crippen molar-refractivity contribution in [3.05, 3.63) is 0 Å². The fraction of sp³-hybridized carbons (Fsp3) is 1.00. The van der Waals surface area contributed by atoms with E-state index in [1.165, 1.54) is 11.4 Å². The zero-order valence-electron chi connectivity index (χ0n) is 9.15. The maximum atomic E-state index is 11.8. The minimum Gasteiger partial charge on any atom is -0.384 e. The van der Waals surface area contributed by atoms with Gasteiger partial charge in [-0.25, -0.2) is 12.7 Å². The Morgan fingerprint density at radius 2 is 2.20 bits per heavy atom. The van der Waals surface area contributed by atoms with Crippen LogP contribution in [-0.2, 0) is 14.8 Å². The molecule has 0 radical (unpaired) electrons. The Morgan fingerprint density at radius 1 is 1.53 bits per heavy atom. The number of ether oxygens (including phenoxy) is 1. The molecule has 1 saturated heterocycles. The highest BCUT2D eigenvalue weighted by molar-refractivity contribution is 7.89. The Kier molecular flexibility index (Phi) is 4.83. The van der Waals surface area contributed by atoms with Crippen molar-refractivity contribution in [3.8, 4) is 0 Å². The molecule has 0 saturated carbocycles. The van der Waals surface area contributed by atoms with E-state index in [-0.39, 0.29) is 17.7 Å². The van der Waals surface area contributed by atoms with Crippen LogP contribution in [0, 0.1) is 5.92 Å². The molecule has 0 aliphatic carbocycles. The quantitative estimate of drug-likeness (QED) is 0.702. The van der Waals surface area contributed by atoms with Gasteiger partial charge in [0.1, 0.15) is 0 Å². The highest BCUT2D eigenvalue weighted by Gasteiger charge is 2.31. The lowest BCUT2D eigenvalue weighted by Crippen LogP contribution is -2.45. The molecule has 4 nitrogen and oxygen atoms in total. The van der Waals surface area contributed by atoms with Gasteiger partial charge in [-0.2, -0.15) is 0 Å². The first-order valence-electron chi connectivity index (χ1n) is 5.08. The topological polar surface area (TPSA) is 46.6 Å². The van der Waals surface area contributed by atoms with Gasteiger partial charge in [-0.05, 0) is 12.3 Å². The van der Waals surface area contributed by atoms with E-state index in [9.17, 15) is 8.42 Å². The lowest BCUT2D eigenvalue weighted by Gasteiger charge is -2.33. The molecule has 0 amide bonds. The Morgan fingerprint density at radius 3 is 2.73 bits per heavy atom. The molecule has 1 fully saturated rings. The number of halogens is 1. The predicted octanol–water partition coefficient (Wildman–Crippen LogP) is 0.912. The highest BCUT2D eigenvalue weighted by Crippen LogP contribution is 2.23. The minimum absolute atomic E-state index is 0.0431. The molecule has 0 aromatic heterocycles. The molecular weight excluding hydrogens is 238 g/mol. The molecule has 0 aromatic rings. The summed E-state index contributed by atoms with van der Waals surface area (Å²) in [6.45, 7) is 3.29. The van der Waals surface area contributed by atoms with Gasteiger partial charge in [0.2, 0.25) is 10.0 Å². The van der Waals surface area contributed by atoms with Crippen molar-refractivity contribution in [2.45, 2.75) is 18.7 Å². The molecule has 15 heavy (non-hydrogen) atoms. The van der Waals surface area contributed by atoms with Gasteiger partial charge in [-0.15, -0.1) is 11.6 Å². The predicted molar refractivity (Wildman–Crippen MR) is 60.7 cm³/mol. The molecule has 0 spiro atoms. The Labute approximate surface area is 96.6 Å². The van der Waals surface area contributed by atoms with E-state index < -0.39 is 10.0 Å². The van der Waals surface area contributed by atoms with Crippen LogP contribution in [0.1, 0.15) is 13.3 Å². The van der Waals surface area contributed by atoms with Crippen molar-refractivity contribution >= 4 is 21.6 Å². The van der Waals surface area contributed by atoms with E-state index in [4.69, 9.17) is 16.3 Å². The zero-order chi connectivity index (χ0) is 11.5. The summed E-state index contributed by atoms with van der Waals surface area (Å²) in [7, 11) is -1.68. The second-order valence-corrected chi connectivity index (χ2v) is 6.60. The van der Waals surface area contributed by atoms with Gasteiger partial charge in [0.25, 0.3) is 0 Å². The van der Waals surface area contributed by atoms with Crippen LogP contribution in [0.3, 0.4) is 0 Å². The van der Waals surface area contributed by atoms with Crippen LogP contribution in [0.4, 0.5) is 0 Å². The van der Waals surface area contributed by atoms with Crippen molar-refractivity contribution in [1.82, 2.24) is 4.31 Å². The van der Waals surface area contributed by atoms with E-state index in [0.717, 1.165) is 6.42 Å². The summed E-state index contributed by atoms with van der Waals surface area (Å²) in [5.74, 6) is 0.433. The second-order valence-electron chi connectivity index (χ2n) is 3.95. The average molecular weight is 256 g/mol. The number of nitrogens with zero attached hydrogens (tertiary/aromatic N) is 1. The van der Waals surface area contributed by atoms with Crippen molar-refractivity contribution in [2.24, 2.45) is 5.92 Å². The third-order valence-corrected chi connectivity index (χ3v) is 5.14. The Balaban J connectivity index is 2.57. The molecule has 1 heterocycles. The summed E-state index contributed by atoms with van der Waals surface area (Å²) in [5.41, 5.74) is 0. The van der Waals surface area contributed by atoms with Crippen LogP contribution >= 0.6 is 11.6 Å². The van der Waals surface area contributed by atoms with Gasteiger partial charge in [0, 0.05) is 25.6 Å². The van der Waals surface area contributed by atoms with Crippen LogP contribution in [0.25, 0.3) is 0 Å². The van der Waals surface area contributed by atoms with Crippen molar-refractivity contribution in [3.63, 3.8) is 0 Å². The normalized spacial score (nSPS) is 29.3. The summed E-state index contributed by atoms with van der Waals surface area (Å²) >= 11 is 6.06. The van der Waals surface area contributed by atoms with Crippen LogP contribution < -0.4 is 0 Å². The van der Waals surface area contributed by atoms with Gasteiger partial charge >= 0.3 is 0 Å². The van der Waals surface area contributed by atoms with Crippen LogP contribution in [-0.4, -0.2) is 50.7 Å². The number of rotatable bonds is 4. The fourth-order valence-corrected chi connectivity index (χ4v) is 3.35. The number of hydrogen-bond donors (Lipinski definition) is 0. The molecule has 2 unspecified atom stereocenters. The van der Waals surface area contributed by atoms with Gasteiger partial charge in [-0.1, -0.05) is 6.92 Å². The summed E-state index contributed by atoms with van der Waals surface area (Å²) in [5, 5.41) is -0.0731. The van der Waals surface area contributed by atoms with E-state index in [1.54, 1.807) is 0 Å². The monoisotopic (exact) mass is 255 g/mol. The fourth-order valence-electron chi connectivity index (χ4n) is 1.56. The van der Waals surface area contributed by atoms with E-state index >= 15 is 0 Å². The van der Waals surface area contributed by atoms with Crippen molar-refractivity contribution in [1.29, 1.82) is 0 Å². The summed E-state index contributed by atoms with van der Waals surface area (Å²) in [6.07, 6.45) is 0.834. The number of sulfonamides is 1. The number of piperidine rings is 1. The van der Waals surface area contributed by atoms with Gasteiger partial charge < -0.3 is 4.74 Å². The Bertz CT molecular complexity index is 294. The maximum Gasteiger partial charge on any atom is 0.216 e. The number of methoxy groups -OCH3 is 1. The first-order chi connectivity index (χ1) is 6.97. The SMILES string of the molecule is COCCS(=O)(=O)N1CCC(C)C(Cl)C1. The average Bonchev–Trinajstić information content (AvgIpc) is 2.19. The molecule has 2 atom stereocenters. The van der Waals surface area contributed by atoms with E-state index in [2.05, 4.69) is 6.92 Å². The first kappa shape index (κ1) is 13.2. The lowest BCUT2D eigenvalue weighted by molar-refractivity contribution is 0.214. The Hall–Kier alpha value is 0.160. The third-order valence-electron chi connectivity index (χ3n) is 2.77. The molecule has 1 aliphatic rings. The minimum atomic E-state index is -3.18. The van der Waals surface area contributed by atoms with Crippen molar-refractivity contribution in [2.75, 3.05) is 32.6 Å². The van der Waals surface area contributed by atoms with Crippen LogP contribution in [0.15, 0.2) is 0 Å². The largest absolute Gasteiger partial charge is 0.384 e. The molecule has 0 aromatic carbocycles. The smallest absolute Gasteiger partial charge is 0.216 e. The standard InChI is InChI=1S/C9H18ClNO3S/c1-8-3-4-11(7-9(8)10)15(12,13)6-5-14-2/h8-9H,3-7H2,1-2H3. The molecule has 1 rings (SSSR count). The first-order valence-corrected chi connectivity index (χ1v) is 7.12. The molecule has 0 N–H and O–H groups in total. The van der Waals surface area contributed by atoms with Gasteiger partial charge in [0.05, 0.1) is 12.4 Å². The molecule has 6 heteroatoms. The molecule has 1 aliphatic heterocycles. The van der Waals surface area contributed by atoms with Gasteiger partial charge in [-0.3, -0.25) is 0 Å². The summed E-state index contributed by atoms with van der Waals surface area (Å²) < 4.78 is 29.8. The highest BCUT2D eigenvalue weighted by atomic mass is 35.5. The van der Waals surface area contributed by atoms with E-state index in [1.807, 2.05) is 0 Å². The molecule has 0 bridgehead atoms. The van der Waals surface area contributed by atoms with Crippen molar-refractivity contribution < 1.29 is 13.2 Å². The summed E-state index contributed by atoms with van der Waals surface area (Å²) in [4.78, 5) is 0. The number of hydrogen-bond acceptors (Lipinski definition) is 3. The summed E-state index contributed by atoms with van der Waals surface area (Å²) in [6, 6.07) is 0. The molecule has 90 valence electrons. The van der Waals surface area contributed by atoms with Crippen LogP contribution in [0.2, 0.25) is 0 Å². The molecular formula is C9H18ClNO3S. The van der Waals surface area contributed by atoms with Crippen LogP contribution in [0.5, 0.6) is 0 Å². The third kappa shape index (κ3) is 3.59.